The van der Waals surface area contributed by atoms with Gasteiger partial charge in [-0.3, -0.25) is 4.98 Å². The molecule has 1 aliphatic rings. The molecule has 0 atom stereocenters. The van der Waals surface area contributed by atoms with Gasteiger partial charge < -0.3 is 9.84 Å². The van der Waals surface area contributed by atoms with Gasteiger partial charge in [-0.25, -0.2) is 0 Å². The molecule has 0 spiro atoms. The van der Waals surface area contributed by atoms with E-state index in [1.54, 1.807) is 13.3 Å². The highest BCUT2D eigenvalue weighted by molar-refractivity contribution is 5.25. The molecule has 64 valence electrons. The SMILES string of the molecule is COc1ccc(C2(O)CC2)nc1. The third-order valence-corrected chi connectivity index (χ3v) is 2.17. The van der Waals surface area contributed by atoms with Crippen molar-refractivity contribution in [3.63, 3.8) is 0 Å². The van der Waals surface area contributed by atoms with Gasteiger partial charge in [-0.15, -0.1) is 0 Å². The monoisotopic (exact) mass is 165 g/mol. The number of nitrogens with zero attached hydrogens (tertiary/aromatic N) is 1. The lowest BCUT2D eigenvalue weighted by Gasteiger charge is -2.06. The first-order chi connectivity index (χ1) is 5.74. The average Bonchev–Trinajstić information content (AvgIpc) is 2.85. The second-order valence-corrected chi connectivity index (χ2v) is 3.11. The molecule has 1 N–H and O–H groups in total. The summed E-state index contributed by atoms with van der Waals surface area (Å²) in [5, 5.41) is 9.66. The summed E-state index contributed by atoms with van der Waals surface area (Å²) in [7, 11) is 1.60. The van der Waals surface area contributed by atoms with E-state index in [1.165, 1.54) is 0 Å². The van der Waals surface area contributed by atoms with Crippen molar-refractivity contribution in [1.82, 2.24) is 4.98 Å². The summed E-state index contributed by atoms with van der Waals surface area (Å²) in [5.74, 6) is 0.725. The molecule has 12 heavy (non-hydrogen) atoms. The van der Waals surface area contributed by atoms with E-state index in [2.05, 4.69) is 4.98 Å². The van der Waals surface area contributed by atoms with Crippen molar-refractivity contribution >= 4 is 0 Å². The van der Waals surface area contributed by atoms with Crippen LogP contribution in [0.2, 0.25) is 0 Å². The minimum Gasteiger partial charge on any atom is -0.495 e. The van der Waals surface area contributed by atoms with Gasteiger partial charge in [0.15, 0.2) is 0 Å². The molecule has 3 heteroatoms. The number of hydrogen-bond donors (Lipinski definition) is 1. The highest BCUT2D eigenvalue weighted by Gasteiger charge is 2.43. The van der Waals surface area contributed by atoms with Gasteiger partial charge in [0, 0.05) is 0 Å². The van der Waals surface area contributed by atoms with Gasteiger partial charge in [0.2, 0.25) is 0 Å². The topological polar surface area (TPSA) is 42.4 Å². The Morgan fingerprint density at radius 3 is 2.67 bits per heavy atom. The molecule has 1 heterocycles. The molecule has 1 aliphatic carbocycles. The Kier molecular flexibility index (Phi) is 1.54. The van der Waals surface area contributed by atoms with Gasteiger partial charge in [-0.1, -0.05) is 0 Å². The Labute approximate surface area is 71.0 Å². The standard InChI is InChI=1S/C9H11NO2/c1-12-7-2-3-8(10-6-7)9(11)4-5-9/h2-3,6,11H,4-5H2,1H3. The van der Waals surface area contributed by atoms with Crippen molar-refractivity contribution in [3.05, 3.63) is 24.0 Å². The van der Waals surface area contributed by atoms with Crippen molar-refractivity contribution in [1.29, 1.82) is 0 Å². The number of rotatable bonds is 2. The Hall–Kier alpha value is -1.09. The van der Waals surface area contributed by atoms with Crippen LogP contribution in [0, 0.1) is 0 Å². The zero-order valence-electron chi connectivity index (χ0n) is 6.95. The van der Waals surface area contributed by atoms with Gasteiger partial charge in [0.1, 0.15) is 11.4 Å². The van der Waals surface area contributed by atoms with E-state index >= 15 is 0 Å². The molecule has 0 aliphatic heterocycles. The summed E-state index contributed by atoms with van der Waals surface area (Å²) in [4.78, 5) is 4.11. The molecule has 1 fully saturated rings. The Morgan fingerprint density at radius 1 is 1.50 bits per heavy atom. The fraction of sp³-hybridized carbons (Fsp3) is 0.444. The lowest BCUT2D eigenvalue weighted by Crippen LogP contribution is -2.06. The molecule has 0 aromatic carbocycles. The van der Waals surface area contributed by atoms with Crippen molar-refractivity contribution in [2.45, 2.75) is 18.4 Å². The van der Waals surface area contributed by atoms with Crippen LogP contribution in [0.1, 0.15) is 18.5 Å². The van der Waals surface area contributed by atoms with Gasteiger partial charge in [0.25, 0.3) is 0 Å². The summed E-state index contributed by atoms with van der Waals surface area (Å²) >= 11 is 0. The smallest absolute Gasteiger partial charge is 0.137 e. The summed E-state index contributed by atoms with van der Waals surface area (Å²) in [6.07, 6.45) is 3.28. The number of methoxy groups -OCH3 is 1. The molecule has 0 radical (unpaired) electrons. The molecular formula is C9H11NO2. The molecule has 0 unspecified atom stereocenters. The number of aromatic nitrogens is 1. The lowest BCUT2D eigenvalue weighted by atomic mass is 10.2. The largest absolute Gasteiger partial charge is 0.495 e. The van der Waals surface area contributed by atoms with Crippen LogP contribution in [0.4, 0.5) is 0 Å². The zero-order chi connectivity index (χ0) is 8.60. The first-order valence-electron chi connectivity index (χ1n) is 3.97. The fourth-order valence-corrected chi connectivity index (χ4v) is 1.15. The number of aliphatic hydroxyl groups is 1. The van der Waals surface area contributed by atoms with E-state index in [1.807, 2.05) is 12.1 Å². The quantitative estimate of drug-likeness (QED) is 0.712. The summed E-state index contributed by atoms with van der Waals surface area (Å²) in [6, 6.07) is 3.63. The molecule has 1 saturated carbocycles. The predicted molar refractivity (Wildman–Crippen MR) is 43.9 cm³/mol. The molecule has 1 aromatic rings. The number of ether oxygens (including phenoxy) is 1. The van der Waals surface area contributed by atoms with Gasteiger partial charge in [0.05, 0.1) is 19.0 Å². The Balaban J connectivity index is 2.25. The van der Waals surface area contributed by atoms with Crippen molar-refractivity contribution < 1.29 is 9.84 Å². The maximum absolute atomic E-state index is 9.66. The average molecular weight is 165 g/mol. The first kappa shape index (κ1) is 7.55. The minimum absolute atomic E-state index is 0.633. The van der Waals surface area contributed by atoms with E-state index in [0.29, 0.717) is 0 Å². The van der Waals surface area contributed by atoms with Crippen molar-refractivity contribution in [2.24, 2.45) is 0 Å². The fourth-order valence-electron chi connectivity index (χ4n) is 1.15. The molecule has 3 nitrogen and oxygen atoms in total. The van der Waals surface area contributed by atoms with E-state index in [-0.39, 0.29) is 0 Å². The van der Waals surface area contributed by atoms with Crippen molar-refractivity contribution in [3.8, 4) is 5.75 Å². The second-order valence-electron chi connectivity index (χ2n) is 3.11. The summed E-state index contributed by atoms with van der Waals surface area (Å²) in [6.45, 7) is 0. The van der Waals surface area contributed by atoms with Crippen molar-refractivity contribution in [2.75, 3.05) is 7.11 Å². The number of pyridine rings is 1. The zero-order valence-corrected chi connectivity index (χ0v) is 6.95. The van der Waals surface area contributed by atoms with Gasteiger partial charge in [-0.2, -0.15) is 0 Å². The van der Waals surface area contributed by atoms with Crippen LogP contribution < -0.4 is 4.74 Å². The van der Waals surface area contributed by atoms with Crippen LogP contribution in [0.15, 0.2) is 18.3 Å². The van der Waals surface area contributed by atoms with E-state index in [4.69, 9.17) is 4.74 Å². The van der Waals surface area contributed by atoms with Crippen LogP contribution in [0.5, 0.6) is 5.75 Å². The van der Waals surface area contributed by atoms with Crippen LogP contribution >= 0.6 is 0 Å². The summed E-state index contributed by atoms with van der Waals surface area (Å²) in [5.41, 5.74) is 0.120. The molecular weight excluding hydrogens is 154 g/mol. The van der Waals surface area contributed by atoms with Crippen LogP contribution in [-0.4, -0.2) is 17.2 Å². The normalized spacial score (nSPS) is 18.8. The molecule has 0 bridgehead atoms. The van der Waals surface area contributed by atoms with Crippen LogP contribution in [-0.2, 0) is 5.60 Å². The highest BCUT2D eigenvalue weighted by Crippen LogP contribution is 2.44. The maximum Gasteiger partial charge on any atom is 0.137 e. The van der Waals surface area contributed by atoms with Gasteiger partial charge in [-0.05, 0) is 25.0 Å². The molecule has 0 amide bonds. The van der Waals surface area contributed by atoms with E-state index in [9.17, 15) is 5.11 Å². The van der Waals surface area contributed by atoms with Gasteiger partial charge >= 0.3 is 0 Å². The molecule has 1 aromatic heterocycles. The van der Waals surface area contributed by atoms with E-state index < -0.39 is 5.60 Å². The maximum atomic E-state index is 9.66. The summed E-state index contributed by atoms with van der Waals surface area (Å²) < 4.78 is 4.96. The lowest BCUT2D eigenvalue weighted by molar-refractivity contribution is 0.146. The molecule has 0 saturated heterocycles. The third-order valence-electron chi connectivity index (χ3n) is 2.17. The second kappa shape index (κ2) is 2.45. The van der Waals surface area contributed by atoms with Crippen LogP contribution in [0.25, 0.3) is 0 Å². The molecule has 2 rings (SSSR count). The first-order valence-corrected chi connectivity index (χ1v) is 3.97. The predicted octanol–water partition coefficient (Wildman–Crippen LogP) is 1.07. The van der Waals surface area contributed by atoms with E-state index in [0.717, 1.165) is 24.3 Å². The Morgan fingerprint density at radius 2 is 2.25 bits per heavy atom. The number of hydrogen-bond acceptors (Lipinski definition) is 3. The van der Waals surface area contributed by atoms with Crippen LogP contribution in [0.3, 0.4) is 0 Å². The Bertz CT molecular complexity index is 277. The minimum atomic E-state index is -0.633. The highest BCUT2D eigenvalue weighted by atomic mass is 16.5. The third kappa shape index (κ3) is 1.16.